The smallest absolute Gasteiger partial charge is 0.0695 e. The SMILES string of the molecule is C[SiH](C)C1(CCC(N)CCN)CCCCO1. The number of ether oxygens (including phenoxy) is 1. The first-order valence-electron chi connectivity index (χ1n) is 6.70. The fourth-order valence-electron chi connectivity index (χ4n) is 2.60. The third kappa shape index (κ3) is 3.84. The van der Waals surface area contributed by atoms with Gasteiger partial charge >= 0.3 is 0 Å². The normalized spacial score (nSPS) is 28.3. The minimum Gasteiger partial charge on any atom is -0.379 e. The lowest BCUT2D eigenvalue weighted by Crippen LogP contribution is -2.48. The number of nitrogens with two attached hydrogens (primary N) is 2. The monoisotopic (exact) mass is 244 g/mol. The van der Waals surface area contributed by atoms with Gasteiger partial charge in [0.15, 0.2) is 0 Å². The Hall–Kier alpha value is 0.0969. The topological polar surface area (TPSA) is 61.3 Å². The van der Waals surface area contributed by atoms with Crippen molar-refractivity contribution >= 4 is 8.80 Å². The summed E-state index contributed by atoms with van der Waals surface area (Å²) in [6, 6.07) is 0.264. The molecule has 0 bridgehead atoms. The molecule has 4 N–H and O–H groups in total. The lowest BCUT2D eigenvalue weighted by molar-refractivity contribution is -0.0298. The minimum atomic E-state index is -0.776. The van der Waals surface area contributed by atoms with Crippen LogP contribution in [-0.4, -0.2) is 33.2 Å². The molecule has 1 saturated heterocycles. The van der Waals surface area contributed by atoms with Crippen molar-refractivity contribution < 1.29 is 4.74 Å². The zero-order chi connectivity index (χ0) is 12.0. The van der Waals surface area contributed by atoms with E-state index >= 15 is 0 Å². The van der Waals surface area contributed by atoms with E-state index in [2.05, 4.69) is 13.1 Å². The standard InChI is InChI=1S/C12H28N2OSi/c1-16(2)12(7-3-4-10-15-12)8-5-11(14)6-9-13/h11,16H,3-10,13-14H2,1-2H3. The highest BCUT2D eigenvalue weighted by molar-refractivity contribution is 6.59. The summed E-state index contributed by atoms with van der Waals surface area (Å²) in [6.45, 7) is 6.46. The van der Waals surface area contributed by atoms with Gasteiger partial charge in [0.05, 0.1) is 14.0 Å². The molecule has 0 amide bonds. The van der Waals surface area contributed by atoms with Gasteiger partial charge in [0.1, 0.15) is 0 Å². The van der Waals surface area contributed by atoms with E-state index in [0.29, 0.717) is 6.54 Å². The summed E-state index contributed by atoms with van der Waals surface area (Å²) in [4.78, 5) is 0. The largest absolute Gasteiger partial charge is 0.379 e. The van der Waals surface area contributed by atoms with Crippen LogP contribution in [0.3, 0.4) is 0 Å². The molecule has 1 aliphatic rings. The van der Waals surface area contributed by atoms with E-state index in [9.17, 15) is 0 Å². The van der Waals surface area contributed by atoms with E-state index in [0.717, 1.165) is 25.9 Å². The number of rotatable bonds is 6. The Kier molecular flexibility index (Phi) is 5.96. The quantitative estimate of drug-likeness (QED) is 0.695. The first kappa shape index (κ1) is 14.2. The van der Waals surface area contributed by atoms with Gasteiger partial charge in [0.2, 0.25) is 0 Å². The average Bonchev–Trinajstić information content (AvgIpc) is 2.28. The maximum Gasteiger partial charge on any atom is 0.0695 e. The van der Waals surface area contributed by atoms with Crippen molar-refractivity contribution in [2.45, 2.75) is 62.9 Å². The van der Waals surface area contributed by atoms with Crippen LogP contribution in [-0.2, 0) is 4.74 Å². The fraction of sp³-hybridized carbons (Fsp3) is 1.00. The van der Waals surface area contributed by atoms with E-state index in [-0.39, 0.29) is 11.3 Å². The third-order valence-corrected chi connectivity index (χ3v) is 6.76. The molecule has 0 saturated carbocycles. The van der Waals surface area contributed by atoms with Crippen molar-refractivity contribution in [3.05, 3.63) is 0 Å². The Morgan fingerprint density at radius 3 is 2.56 bits per heavy atom. The van der Waals surface area contributed by atoms with Gasteiger partial charge in [-0.15, -0.1) is 0 Å². The fourth-order valence-corrected chi connectivity index (χ4v) is 4.58. The van der Waals surface area contributed by atoms with Crippen molar-refractivity contribution in [2.24, 2.45) is 11.5 Å². The van der Waals surface area contributed by atoms with E-state index in [1.54, 1.807) is 0 Å². The van der Waals surface area contributed by atoms with Gasteiger partial charge in [-0.2, -0.15) is 0 Å². The molecule has 0 aromatic carbocycles. The summed E-state index contributed by atoms with van der Waals surface area (Å²) in [5.41, 5.74) is 11.6. The molecular formula is C12H28N2OSi. The Morgan fingerprint density at radius 2 is 2.06 bits per heavy atom. The molecule has 0 spiro atoms. The molecule has 0 aromatic heterocycles. The second kappa shape index (κ2) is 6.74. The van der Waals surface area contributed by atoms with Gasteiger partial charge in [-0.1, -0.05) is 13.1 Å². The Morgan fingerprint density at radius 1 is 1.31 bits per heavy atom. The van der Waals surface area contributed by atoms with Gasteiger partial charge in [-0.3, -0.25) is 0 Å². The van der Waals surface area contributed by atoms with Gasteiger partial charge in [-0.25, -0.2) is 0 Å². The highest BCUT2D eigenvalue weighted by Gasteiger charge is 2.36. The lowest BCUT2D eigenvalue weighted by atomic mass is 9.99. The highest BCUT2D eigenvalue weighted by atomic mass is 28.3. The molecule has 2 atom stereocenters. The van der Waals surface area contributed by atoms with Crippen LogP contribution >= 0.6 is 0 Å². The third-order valence-electron chi connectivity index (χ3n) is 3.91. The van der Waals surface area contributed by atoms with Crippen LogP contribution in [0.2, 0.25) is 13.1 Å². The molecule has 96 valence electrons. The summed E-state index contributed by atoms with van der Waals surface area (Å²) in [5.74, 6) is 0. The predicted molar refractivity (Wildman–Crippen MR) is 72.3 cm³/mol. The van der Waals surface area contributed by atoms with E-state index in [1.807, 2.05) is 0 Å². The Labute approximate surface area is 102 Å². The zero-order valence-corrected chi connectivity index (χ0v) is 12.0. The summed E-state index contributed by atoms with van der Waals surface area (Å²) >= 11 is 0. The summed E-state index contributed by atoms with van der Waals surface area (Å²) in [7, 11) is -0.776. The molecule has 0 aromatic rings. The molecule has 1 rings (SSSR count). The zero-order valence-electron chi connectivity index (χ0n) is 10.9. The van der Waals surface area contributed by atoms with Crippen LogP contribution in [0.5, 0.6) is 0 Å². The van der Waals surface area contributed by atoms with Crippen molar-refractivity contribution in [2.75, 3.05) is 13.2 Å². The lowest BCUT2D eigenvalue weighted by Gasteiger charge is -2.41. The van der Waals surface area contributed by atoms with E-state index in [1.165, 1.54) is 19.3 Å². The molecule has 1 aliphatic heterocycles. The first-order chi connectivity index (χ1) is 7.60. The molecular weight excluding hydrogens is 216 g/mol. The number of hydrogen-bond acceptors (Lipinski definition) is 3. The molecule has 1 fully saturated rings. The molecule has 0 radical (unpaired) electrons. The van der Waals surface area contributed by atoms with Gasteiger partial charge in [0.25, 0.3) is 0 Å². The van der Waals surface area contributed by atoms with Gasteiger partial charge in [0, 0.05) is 12.6 Å². The van der Waals surface area contributed by atoms with Crippen LogP contribution in [0.15, 0.2) is 0 Å². The van der Waals surface area contributed by atoms with Crippen LogP contribution in [0, 0.1) is 0 Å². The second-order valence-electron chi connectivity index (χ2n) is 5.40. The van der Waals surface area contributed by atoms with Gasteiger partial charge < -0.3 is 16.2 Å². The van der Waals surface area contributed by atoms with E-state index in [4.69, 9.17) is 16.2 Å². The first-order valence-corrected chi connectivity index (χ1v) is 9.59. The molecule has 2 unspecified atom stereocenters. The maximum atomic E-state index is 6.13. The predicted octanol–water partition coefficient (Wildman–Crippen LogP) is 1.41. The Bertz CT molecular complexity index is 193. The maximum absolute atomic E-state index is 6.13. The van der Waals surface area contributed by atoms with Crippen LogP contribution in [0.4, 0.5) is 0 Å². The summed E-state index contributed by atoms with van der Waals surface area (Å²) in [5, 5.41) is 0.227. The molecule has 1 heterocycles. The molecule has 4 heteroatoms. The molecule has 3 nitrogen and oxygen atoms in total. The van der Waals surface area contributed by atoms with Crippen LogP contribution in [0.25, 0.3) is 0 Å². The minimum absolute atomic E-state index is 0.227. The van der Waals surface area contributed by atoms with Crippen molar-refractivity contribution in [3.63, 3.8) is 0 Å². The second-order valence-corrected chi connectivity index (χ2v) is 8.76. The van der Waals surface area contributed by atoms with Crippen molar-refractivity contribution in [1.82, 2.24) is 0 Å². The molecule has 0 aliphatic carbocycles. The van der Waals surface area contributed by atoms with E-state index < -0.39 is 8.80 Å². The number of hydrogen-bond donors (Lipinski definition) is 2. The van der Waals surface area contributed by atoms with Crippen molar-refractivity contribution in [1.29, 1.82) is 0 Å². The Balaban J connectivity index is 2.44. The average molecular weight is 244 g/mol. The van der Waals surface area contributed by atoms with Gasteiger partial charge in [-0.05, 0) is 45.1 Å². The summed E-state index contributed by atoms with van der Waals surface area (Å²) in [6.07, 6.45) is 6.98. The summed E-state index contributed by atoms with van der Waals surface area (Å²) < 4.78 is 6.13. The van der Waals surface area contributed by atoms with Crippen LogP contribution < -0.4 is 11.5 Å². The highest BCUT2D eigenvalue weighted by Crippen LogP contribution is 2.32. The molecule has 16 heavy (non-hydrogen) atoms. The van der Waals surface area contributed by atoms with Crippen molar-refractivity contribution in [3.8, 4) is 0 Å². The van der Waals surface area contributed by atoms with Crippen LogP contribution in [0.1, 0.15) is 38.5 Å².